The number of carboxylic acid groups (broad SMARTS) is 1. The van der Waals surface area contributed by atoms with E-state index in [0.717, 1.165) is 5.56 Å². The molecule has 1 unspecified atom stereocenters. The summed E-state index contributed by atoms with van der Waals surface area (Å²) in [6.07, 6.45) is 0. The number of ether oxygens (including phenoxy) is 1. The molecule has 1 aromatic carbocycles. The summed E-state index contributed by atoms with van der Waals surface area (Å²) < 4.78 is 5.38. The highest BCUT2D eigenvalue weighted by Crippen LogP contribution is 2.37. The van der Waals surface area contributed by atoms with Crippen LogP contribution in [0.5, 0.6) is 0 Å². The first-order valence-corrected chi connectivity index (χ1v) is 6.08. The van der Waals surface area contributed by atoms with Crippen LogP contribution in [0.25, 0.3) is 0 Å². The average molecular weight is 249 g/mol. The first-order valence-electron chi connectivity index (χ1n) is 6.08. The van der Waals surface area contributed by atoms with Crippen LogP contribution in [0.3, 0.4) is 0 Å². The third-order valence-electron chi connectivity index (χ3n) is 3.74. The Morgan fingerprint density at radius 1 is 1.33 bits per heavy atom. The second-order valence-electron chi connectivity index (χ2n) is 5.43. The fourth-order valence-corrected chi connectivity index (χ4v) is 2.34. The minimum atomic E-state index is -1.01. The van der Waals surface area contributed by atoms with Crippen molar-refractivity contribution in [1.29, 1.82) is 0 Å². The number of hydrogen-bond donors (Lipinski definition) is 2. The molecule has 1 aromatic rings. The summed E-state index contributed by atoms with van der Waals surface area (Å²) in [5.74, 6) is -0.846. The van der Waals surface area contributed by atoms with Crippen molar-refractivity contribution in [3.8, 4) is 0 Å². The summed E-state index contributed by atoms with van der Waals surface area (Å²) in [5.41, 5.74) is -0.364. The molecule has 2 rings (SSSR count). The molecular weight excluding hydrogens is 230 g/mol. The molecule has 2 N–H and O–H groups in total. The van der Waals surface area contributed by atoms with Crippen molar-refractivity contribution in [3.63, 3.8) is 0 Å². The van der Waals surface area contributed by atoms with E-state index in [1.807, 2.05) is 44.2 Å². The highest BCUT2D eigenvalue weighted by molar-refractivity contribution is 5.80. The van der Waals surface area contributed by atoms with Gasteiger partial charge in [-0.1, -0.05) is 44.2 Å². The van der Waals surface area contributed by atoms with Crippen LogP contribution in [-0.4, -0.2) is 29.8 Å². The Kier molecular flexibility index (Phi) is 3.41. The summed E-state index contributed by atoms with van der Waals surface area (Å²) in [4.78, 5) is 11.6. The number of carbonyl (C=O) groups is 1. The van der Waals surface area contributed by atoms with Gasteiger partial charge in [0.25, 0.3) is 0 Å². The van der Waals surface area contributed by atoms with Crippen molar-refractivity contribution in [3.05, 3.63) is 35.9 Å². The summed E-state index contributed by atoms with van der Waals surface area (Å²) in [5, 5.41) is 12.7. The lowest BCUT2D eigenvalue weighted by Gasteiger charge is -2.36. The van der Waals surface area contributed by atoms with Crippen molar-refractivity contribution >= 4 is 5.97 Å². The molecule has 0 bridgehead atoms. The Balaban J connectivity index is 2.16. The van der Waals surface area contributed by atoms with Crippen LogP contribution in [0.1, 0.15) is 19.4 Å². The van der Waals surface area contributed by atoms with E-state index in [4.69, 9.17) is 4.74 Å². The third kappa shape index (κ3) is 2.13. The molecule has 0 aliphatic carbocycles. The first-order chi connectivity index (χ1) is 8.48. The molecule has 98 valence electrons. The molecule has 1 aliphatic heterocycles. The molecule has 1 heterocycles. The molecule has 1 saturated heterocycles. The fourth-order valence-electron chi connectivity index (χ4n) is 2.34. The van der Waals surface area contributed by atoms with E-state index in [0.29, 0.717) is 13.2 Å². The van der Waals surface area contributed by atoms with Crippen LogP contribution >= 0.6 is 0 Å². The summed E-state index contributed by atoms with van der Waals surface area (Å²) in [6, 6.07) is 9.79. The predicted octanol–water partition coefficient (Wildman–Crippen LogP) is 1.66. The van der Waals surface area contributed by atoms with Crippen molar-refractivity contribution in [2.24, 2.45) is 5.41 Å². The minimum Gasteiger partial charge on any atom is -0.480 e. The Morgan fingerprint density at radius 3 is 2.50 bits per heavy atom. The van der Waals surface area contributed by atoms with E-state index in [1.165, 1.54) is 0 Å². The van der Waals surface area contributed by atoms with Gasteiger partial charge in [-0.15, -0.1) is 0 Å². The van der Waals surface area contributed by atoms with E-state index in [-0.39, 0.29) is 6.61 Å². The molecule has 0 saturated carbocycles. The highest BCUT2D eigenvalue weighted by Gasteiger charge is 2.55. The molecule has 4 heteroatoms. The molecule has 0 aromatic heterocycles. The number of rotatable bonds is 4. The van der Waals surface area contributed by atoms with Gasteiger partial charge in [0.2, 0.25) is 0 Å². The van der Waals surface area contributed by atoms with E-state index >= 15 is 0 Å². The van der Waals surface area contributed by atoms with Gasteiger partial charge in [-0.05, 0) is 5.56 Å². The Labute approximate surface area is 107 Å². The van der Waals surface area contributed by atoms with Gasteiger partial charge in [-0.25, -0.2) is 0 Å². The smallest absolute Gasteiger partial charge is 0.326 e. The van der Waals surface area contributed by atoms with Gasteiger partial charge < -0.3 is 9.84 Å². The van der Waals surface area contributed by atoms with Crippen LogP contribution in [-0.2, 0) is 16.1 Å². The van der Waals surface area contributed by atoms with E-state index in [1.54, 1.807) is 0 Å². The fraction of sp³-hybridized carbons (Fsp3) is 0.500. The maximum atomic E-state index is 11.6. The molecule has 0 spiro atoms. The van der Waals surface area contributed by atoms with Gasteiger partial charge in [0.05, 0.1) is 13.2 Å². The Morgan fingerprint density at radius 2 is 2.00 bits per heavy atom. The highest BCUT2D eigenvalue weighted by atomic mass is 16.5. The quantitative estimate of drug-likeness (QED) is 0.852. The number of hydrogen-bond acceptors (Lipinski definition) is 3. The summed E-state index contributed by atoms with van der Waals surface area (Å²) in [6.45, 7) is 5.04. The molecular formula is C14H19NO3. The van der Waals surface area contributed by atoms with Crippen LogP contribution in [0, 0.1) is 5.41 Å². The largest absolute Gasteiger partial charge is 0.480 e. The zero-order chi connectivity index (χ0) is 13.2. The first kappa shape index (κ1) is 13.1. The lowest BCUT2D eigenvalue weighted by molar-refractivity contribution is -0.148. The summed E-state index contributed by atoms with van der Waals surface area (Å²) in [7, 11) is 0. The van der Waals surface area contributed by atoms with Crippen molar-refractivity contribution in [1.82, 2.24) is 5.32 Å². The van der Waals surface area contributed by atoms with Crippen molar-refractivity contribution in [2.45, 2.75) is 25.9 Å². The lowest BCUT2D eigenvalue weighted by Crippen LogP contribution is -2.61. The van der Waals surface area contributed by atoms with Crippen molar-refractivity contribution < 1.29 is 14.6 Å². The van der Waals surface area contributed by atoms with Gasteiger partial charge in [0.15, 0.2) is 0 Å². The monoisotopic (exact) mass is 249 g/mol. The predicted molar refractivity (Wildman–Crippen MR) is 68.2 cm³/mol. The van der Waals surface area contributed by atoms with Gasteiger partial charge >= 0.3 is 5.97 Å². The molecule has 1 atom stereocenters. The number of aliphatic carboxylic acids is 1. The maximum absolute atomic E-state index is 11.6. The van der Waals surface area contributed by atoms with E-state index in [2.05, 4.69) is 5.32 Å². The van der Waals surface area contributed by atoms with Crippen LogP contribution < -0.4 is 5.32 Å². The molecule has 0 amide bonds. The topological polar surface area (TPSA) is 58.6 Å². The number of carboxylic acids is 1. The van der Waals surface area contributed by atoms with Gasteiger partial charge in [0.1, 0.15) is 5.54 Å². The molecule has 0 radical (unpaired) electrons. The Bertz CT molecular complexity index is 430. The standard InChI is InChI=1S/C14H19NO3/c1-13(2)9-18-10-14(13,12(16)17)15-8-11-6-4-3-5-7-11/h3-7,15H,8-10H2,1-2H3,(H,16,17). The maximum Gasteiger partial charge on any atom is 0.326 e. The van der Waals surface area contributed by atoms with Crippen LogP contribution in [0.2, 0.25) is 0 Å². The van der Waals surface area contributed by atoms with E-state index in [9.17, 15) is 9.90 Å². The number of benzene rings is 1. The van der Waals surface area contributed by atoms with Crippen molar-refractivity contribution in [2.75, 3.05) is 13.2 Å². The molecule has 1 fully saturated rings. The second kappa shape index (κ2) is 4.71. The van der Waals surface area contributed by atoms with Crippen LogP contribution in [0.4, 0.5) is 0 Å². The third-order valence-corrected chi connectivity index (χ3v) is 3.74. The normalized spacial score (nSPS) is 26.1. The summed E-state index contributed by atoms with van der Waals surface area (Å²) >= 11 is 0. The zero-order valence-electron chi connectivity index (χ0n) is 10.8. The second-order valence-corrected chi connectivity index (χ2v) is 5.43. The average Bonchev–Trinajstić information content (AvgIpc) is 2.64. The zero-order valence-corrected chi connectivity index (χ0v) is 10.8. The number of nitrogens with one attached hydrogen (secondary N) is 1. The Hall–Kier alpha value is -1.39. The minimum absolute atomic E-state index is 0.210. The SMILES string of the molecule is CC1(C)COCC1(NCc1ccccc1)C(=O)O. The van der Waals surface area contributed by atoms with Gasteiger partial charge in [-0.3, -0.25) is 10.1 Å². The lowest BCUT2D eigenvalue weighted by atomic mass is 9.74. The van der Waals surface area contributed by atoms with Gasteiger partial charge in [-0.2, -0.15) is 0 Å². The van der Waals surface area contributed by atoms with Crippen LogP contribution in [0.15, 0.2) is 30.3 Å². The molecule has 1 aliphatic rings. The molecule has 4 nitrogen and oxygen atoms in total. The van der Waals surface area contributed by atoms with Gasteiger partial charge in [0, 0.05) is 12.0 Å². The van der Waals surface area contributed by atoms with E-state index < -0.39 is 16.9 Å². The molecule has 18 heavy (non-hydrogen) atoms.